The molecule has 2 amide bonds. The van der Waals surface area contributed by atoms with Crippen LogP contribution in [0, 0.1) is 17.6 Å². The molecule has 30 heavy (non-hydrogen) atoms. The van der Waals surface area contributed by atoms with Crippen molar-refractivity contribution in [1.82, 2.24) is 4.90 Å². The highest BCUT2D eigenvalue weighted by molar-refractivity contribution is 6.03. The first-order valence-corrected chi connectivity index (χ1v) is 10.2. The Morgan fingerprint density at radius 1 is 1.07 bits per heavy atom. The van der Waals surface area contributed by atoms with Crippen molar-refractivity contribution in [3.63, 3.8) is 0 Å². The minimum Gasteiger partial charge on any atom is -0.496 e. The zero-order valence-corrected chi connectivity index (χ0v) is 16.7. The zero-order chi connectivity index (χ0) is 21.3. The lowest BCUT2D eigenvalue weighted by Crippen LogP contribution is -2.48. The van der Waals surface area contributed by atoms with E-state index in [1.165, 1.54) is 13.2 Å². The summed E-state index contributed by atoms with van der Waals surface area (Å²) >= 11 is 0. The van der Waals surface area contributed by atoms with Crippen LogP contribution >= 0.6 is 0 Å². The molecule has 0 radical (unpaired) electrons. The number of nitrogens with one attached hydrogen (secondary N) is 1. The second-order valence-electron chi connectivity index (χ2n) is 7.89. The largest absolute Gasteiger partial charge is 0.496 e. The van der Waals surface area contributed by atoms with E-state index in [9.17, 15) is 18.4 Å². The van der Waals surface area contributed by atoms with Gasteiger partial charge in [-0.05, 0) is 49.4 Å². The molecule has 2 aromatic carbocycles. The number of ether oxygens (including phenoxy) is 1. The van der Waals surface area contributed by atoms with Crippen LogP contribution < -0.4 is 10.1 Å². The molecule has 3 atom stereocenters. The number of anilines is 1. The fourth-order valence-corrected chi connectivity index (χ4v) is 4.75. The number of halogens is 2. The number of methoxy groups -OCH3 is 1. The molecule has 3 unspecified atom stereocenters. The van der Waals surface area contributed by atoms with Crippen molar-refractivity contribution >= 4 is 17.5 Å². The van der Waals surface area contributed by atoms with E-state index in [2.05, 4.69) is 5.32 Å². The van der Waals surface area contributed by atoms with Gasteiger partial charge in [-0.2, -0.15) is 0 Å². The summed E-state index contributed by atoms with van der Waals surface area (Å²) in [6.07, 6.45) is 4.46. The summed E-state index contributed by atoms with van der Waals surface area (Å²) in [5, 5.41) is 2.66. The van der Waals surface area contributed by atoms with Gasteiger partial charge in [-0.15, -0.1) is 0 Å². The summed E-state index contributed by atoms with van der Waals surface area (Å²) in [5.74, 6) is -1.94. The van der Waals surface area contributed by atoms with Gasteiger partial charge in [0.15, 0.2) is 11.6 Å². The number of amides is 2. The molecule has 5 nitrogen and oxygen atoms in total. The highest BCUT2D eigenvalue weighted by atomic mass is 19.2. The Hall–Kier alpha value is -2.96. The summed E-state index contributed by atoms with van der Waals surface area (Å²) < 4.78 is 32.1. The SMILES string of the molecule is COc1ccccc1C(=O)N1C(C(=O)Nc2ccc(F)c(F)c2)CC2CCCCC21. The molecule has 2 fully saturated rings. The van der Waals surface area contributed by atoms with Gasteiger partial charge in [0.05, 0.1) is 12.7 Å². The molecule has 2 aromatic rings. The van der Waals surface area contributed by atoms with Gasteiger partial charge < -0.3 is 15.0 Å². The number of rotatable bonds is 4. The maximum Gasteiger partial charge on any atom is 0.258 e. The van der Waals surface area contributed by atoms with E-state index >= 15 is 0 Å². The topological polar surface area (TPSA) is 58.6 Å². The predicted octanol–water partition coefficient (Wildman–Crippen LogP) is 4.39. The molecule has 1 aliphatic carbocycles. The van der Waals surface area contributed by atoms with Crippen LogP contribution in [0.4, 0.5) is 14.5 Å². The molecule has 1 heterocycles. The van der Waals surface area contributed by atoms with Gasteiger partial charge in [0.25, 0.3) is 5.91 Å². The average Bonchev–Trinajstić information content (AvgIpc) is 3.15. The molecule has 1 aliphatic heterocycles. The van der Waals surface area contributed by atoms with Gasteiger partial charge in [0.1, 0.15) is 11.8 Å². The number of hydrogen-bond acceptors (Lipinski definition) is 3. The first-order chi connectivity index (χ1) is 14.5. The number of benzene rings is 2. The first kappa shape index (κ1) is 20.3. The van der Waals surface area contributed by atoms with Crippen LogP contribution in [0.3, 0.4) is 0 Å². The Kier molecular flexibility index (Phi) is 5.70. The van der Waals surface area contributed by atoms with Crippen LogP contribution in [0.2, 0.25) is 0 Å². The molecule has 1 saturated heterocycles. The minimum atomic E-state index is -1.03. The standard InChI is InChI=1S/C23H24F2N2O3/c1-30-21-9-5-3-7-16(21)23(29)27-19-8-4-2-6-14(19)12-20(27)22(28)26-15-10-11-17(24)18(25)13-15/h3,5,7,9-11,13-14,19-20H,2,4,6,8,12H2,1H3,(H,26,28). The first-order valence-electron chi connectivity index (χ1n) is 10.2. The van der Waals surface area contributed by atoms with Gasteiger partial charge in [-0.1, -0.05) is 25.0 Å². The Morgan fingerprint density at radius 3 is 2.60 bits per heavy atom. The number of hydrogen-bond donors (Lipinski definition) is 1. The number of likely N-dealkylation sites (tertiary alicyclic amines) is 1. The van der Waals surface area contributed by atoms with Crippen molar-refractivity contribution in [2.45, 2.75) is 44.2 Å². The molecule has 7 heteroatoms. The number of fused-ring (bicyclic) bond motifs is 1. The van der Waals surface area contributed by atoms with Gasteiger partial charge >= 0.3 is 0 Å². The monoisotopic (exact) mass is 414 g/mol. The Labute approximate surface area is 174 Å². The summed E-state index contributed by atoms with van der Waals surface area (Å²) in [5.41, 5.74) is 0.579. The molecule has 1 saturated carbocycles. The summed E-state index contributed by atoms with van der Waals surface area (Å²) in [4.78, 5) is 28.3. The summed E-state index contributed by atoms with van der Waals surface area (Å²) in [7, 11) is 1.51. The highest BCUT2D eigenvalue weighted by Crippen LogP contribution is 2.41. The van der Waals surface area contributed by atoms with E-state index in [0.29, 0.717) is 17.7 Å². The van der Waals surface area contributed by atoms with E-state index < -0.39 is 23.6 Å². The highest BCUT2D eigenvalue weighted by Gasteiger charge is 2.48. The molecule has 2 aliphatic rings. The molecule has 0 aromatic heterocycles. The van der Waals surface area contributed by atoms with Crippen LogP contribution in [-0.2, 0) is 4.79 Å². The van der Waals surface area contributed by atoms with Gasteiger partial charge in [0, 0.05) is 17.8 Å². The number of nitrogens with zero attached hydrogens (tertiary/aromatic N) is 1. The van der Waals surface area contributed by atoms with E-state index in [1.54, 1.807) is 29.2 Å². The third-order valence-corrected chi connectivity index (χ3v) is 6.15. The molecule has 158 valence electrons. The van der Waals surface area contributed by atoms with Crippen LogP contribution in [0.25, 0.3) is 0 Å². The number of carbonyl (C=O) groups is 2. The van der Waals surface area contributed by atoms with Crippen molar-refractivity contribution in [3.8, 4) is 5.75 Å². The van der Waals surface area contributed by atoms with Crippen molar-refractivity contribution < 1.29 is 23.1 Å². The van der Waals surface area contributed by atoms with Crippen molar-refractivity contribution in [3.05, 3.63) is 59.7 Å². The number of para-hydroxylation sites is 1. The van der Waals surface area contributed by atoms with Gasteiger partial charge in [-0.3, -0.25) is 9.59 Å². The van der Waals surface area contributed by atoms with Gasteiger partial charge in [0.2, 0.25) is 5.91 Å². The lowest BCUT2D eigenvalue weighted by molar-refractivity contribution is -0.120. The molecule has 4 rings (SSSR count). The molecule has 0 spiro atoms. The van der Waals surface area contributed by atoms with E-state index in [0.717, 1.165) is 37.8 Å². The van der Waals surface area contributed by atoms with E-state index in [1.807, 2.05) is 0 Å². The second kappa shape index (κ2) is 8.42. The van der Waals surface area contributed by atoms with Crippen molar-refractivity contribution in [1.29, 1.82) is 0 Å². The Balaban J connectivity index is 1.63. The summed E-state index contributed by atoms with van der Waals surface area (Å²) in [6, 6.07) is 9.50. The zero-order valence-electron chi connectivity index (χ0n) is 16.7. The van der Waals surface area contributed by atoms with Crippen LogP contribution in [0.1, 0.15) is 42.5 Å². The average molecular weight is 414 g/mol. The molecule has 1 N–H and O–H groups in total. The minimum absolute atomic E-state index is 0.0168. The lowest BCUT2D eigenvalue weighted by atomic mass is 9.84. The van der Waals surface area contributed by atoms with Crippen molar-refractivity contribution in [2.75, 3.05) is 12.4 Å². The van der Waals surface area contributed by atoms with Crippen molar-refractivity contribution in [2.24, 2.45) is 5.92 Å². The van der Waals surface area contributed by atoms with Crippen LogP contribution in [0.15, 0.2) is 42.5 Å². The maximum absolute atomic E-state index is 13.6. The second-order valence-corrected chi connectivity index (χ2v) is 7.89. The third kappa shape index (κ3) is 3.76. The summed E-state index contributed by atoms with van der Waals surface area (Å²) in [6.45, 7) is 0. The molecule has 0 bridgehead atoms. The Morgan fingerprint density at radius 2 is 1.83 bits per heavy atom. The quantitative estimate of drug-likeness (QED) is 0.808. The lowest BCUT2D eigenvalue weighted by Gasteiger charge is -2.34. The molecular weight excluding hydrogens is 390 g/mol. The smallest absolute Gasteiger partial charge is 0.258 e. The fourth-order valence-electron chi connectivity index (χ4n) is 4.75. The van der Waals surface area contributed by atoms with Crippen LogP contribution in [0.5, 0.6) is 5.75 Å². The van der Waals surface area contributed by atoms with Gasteiger partial charge in [-0.25, -0.2) is 8.78 Å². The normalized spacial score (nSPS) is 23.0. The van der Waals surface area contributed by atoms with E-state index in [-0.39, 0.29) is 23.6 Å². The predicted molar refractivity (Wildman–Crippen MR) is 108 cm³/mol. The number of carbonyl (C=O) groups excluding carboxylic acids is 2. The Bertz CT molecular complexity index is 965. The van der Waals surface area contributed by atoms with E-state index in [4.69, 9.17) is 4.74 Å². The van der Waals surface area contributed by atoms with Crippen LogP contribution in [-0.4, -0.2) is 35.9 Å². The fraction of sp³-hybridized carbons (Fsp3) is 0.391. The molecular formula is C23H24F2N2O3. The third-order valence-electron chi connectivity index (χ3n) is 6.15. The maximum atomic E-state index is 13.6.